The van der Waals surface area contributed by atoms with Gasteiger partial charge in [0.2, 0.25) is 0 Å². The highest BCUT2D eigenvalue weighted by molar-refractivity contribution is 5.82. The van der Waals surface area contributed by atoms with Crippen molar-refractivity contribution in [1.82, 2.24) is 4.90 Å². The predicted octanol–water partition coefficient (Wildman–Crippen LogP) is 2.96. The fraction of sp³-hybridized carbons (Fsp3) is 0.667. The van der Waals surface area contributed by atoms with E-state index in [4.69, 9.17) is 4.42 Å². The van der Waals surface area contributed by atoms with Crippen LogP contribution in [-0.2, 0) is 11.3 Å². The molecule has 0 radical (unpaired) electrons. The molecule has 0 bridgehead atoms. The maximum atomic E-state index is 12.1. The van der Waals surface area contributed by atoms with Crippen LogP contribution in [0.15, 0.2) is 22.8 Å². The smallest absolute Gasteiger partial charge is 0.137 e. The second-order valence-electron chi connectivity index (χ2n) is 5.87. The number of rotatable bonds is 4. The highest BCUT2D eigenvalue weighted by Gasteiger charge is 2.32. The molecule has 0 amide bonds. The van der Waals surface area contributed by atoms with Crippen LogP contribution in [0.25, 0.3) is 0 Å². The topological polar surface area (TPSA) is 33.5 Å². The van der Waals surface area contributed by atoms with Crippen LogP contribution in [0.5, 0.6) is 0 Å². The molecule has 3 nitrogen and oxygen atoms in total. The summed E-state index contributed by atoms with van der Waals surface area (Å²) in [5.41, 5.74) is 0. The van der Waals surface area contributed by atoms with Crippen LogP contribution in [-0.4, -0.2) is 24.3 Å². The zero-order chi connectivity index (χ0) is 13.1. The van der Waals surface area contributed by atoms with Crippen LogP contribution in [0.3, 0.4) is 0 Å². The van der Waals surface area contributed by atoms with E-state index < -0.39 is 0 Å². The number of nitrogens with zero attached hydrogens (tertiary/aromatic N) is 1. The zero-order valence-corrected chi connectivity index (χ0v) is 11.6. The lowest BCUT2D eigenvalue weighted by Crippen LogP contribution is -2.38. The summed E-state index contributed by atoms with van der Waals surface area (Å²) in [5, 5.41) is 0. The first-order chi connectivity index (χ1) is 8.56. The summed E-state index contributed by atoms with van der Waals surface area (Å²) in [6.07, 6.45) is 3.62. The standard InChI is InChI=1S/C15H23NO2/c1-11-7-12(2)14(15(17)8-11)10-16(3)9-13-5-4-6-18-13/h4-6,11-12,14H,7-10H2,1-3H3. The van der Waals surface area contributed by atoms with Gasteiger partial charge in [0.15, 0.2) is 0 Å². The van der Waals surface area contributed by atoms with Crippen LogP contribution in [0.4, 0.5) is 0 Å². The molecule has 0 spiro atoms. The van der Waals surface area contributed by atoms with E-state index >= 15 is 0 Å². The van der Waals surface area contributed by atoms with E-state index in [0.717, 1.165) is 25.3 Å². The van der Waals surface area contributed by atoms with Crippen molar-refractivity contribution in [1.29, 1.82) is 0 Å². The van der Waals surface area contributed by atoms with Gasteiger partial charge in [0.05, 0.1) is 12.8 Å². The van der Waals surface area contributed by atoms with E-state index in [2.05, 4.69) is 25.8 Å². The Morgan fingerprint density at radius 3 is 2.83 bits per heavy atom. The molecule has 3 heteroatoms. The average Bonchev–Trinajstić information content (AvgIpc) is 2.76. The van der Waals surface area contributed by atoms with Crippen molar-refractivity contribution in [2.45, 2.75) is 33.2 Å². The van der Waals surface area contributed by atoms with Crippen molar-refractivity contribution in [3.63, 3.8) is 0 Å². The number of hydrogen-bond acceptors (Lipinski definition) is 3. The number of carbonyl (C=O) groups is 1. The minimum Gasteiger partial charge on any atom is -0.468 e. The van der Waals surface area contributed by atoms with Crippen molar-refractivity contribution in [2.24, 2.45) is 17.8 Å². The van der Waals surface area contributed by atoms with E-state index in [1.807, 2.05) is 12.1 Å². The molecule has 18 heavy (non-hydrogen) atoms. The van der Waals surface area contributed by atoms with Gasteiger partial charge >= 0.3 is 0 Å². The van der Waals surface area contributed by atoms with E-state index in [1.165, 1.54) is 6.42 Å². The summed E-state index contributed by atoms with van der Waals surface area (Å²) in [5.74, 6) is 2.65. The lowest BCUT2D eigenvalue weighted by Gasteiger charge is -2.33. The van der Waals surface area contributed by atoms with Gasteiger partial charge in [0.25, 0.3) is 0 Å². The summed E-state index contributed by atoms with van der Waals surface area (Å²) in [6, 6.07) is 3.88. The third-order valence-corrected chi connectivity index (χ3v) is 3.94. The van der Waals surface area contributed by atoms with E-state index in [-0.39, 0.29) is 5.92 Å². The molecule has 1 aromatic rings. The third-order valence-electron chi connectivity index (χ3n) is 3.94. The maximum absolute atomic E-state index is 12.1. The quantitative estimate of drug-likeness (QED) is 0.822. The molecule has 0 aliphatic heterocycles. The molecular formula is C15H23NO2. The summed E-state index contributed by atoms with van der Waals surface area (Å²) in [6.45, 7) is 6.00. The molecule has 0 saturated heterocycles. The normalized spacial score (nSPS) is 28.9. The van der Waals surface area contributed by atoms with Crippen molar-refractivity contribution in [2.75, 3.05) is 13.6 Å². The average molecular weight is 249 g/mol. The molecule has 1 saturated carbocycles. The van der Waals surface area contributed by atoms with Gasteiger partial charge in [0, 0.05) is 18.9 Å². The summed E-state index contributed by atoms with van der Waals surface area (Å²) in [4.78, 5) is 14.3. The van der Waals surface area contributed by atoms with Gasteiger partial charge in [-0.15, -0.1) is 0 Å². The molecule has 0 N–H and O–H groups in total. The van der Waals surface area contributed by atoms with Crippen LogP contribution < -0.4 is 0 Å². The summed E-state index contributed by atoms with van der Waals surface area (Å²) < 4.78 is 5.34. The summed E-state index contributed by atoms with van der Waals surface area (Å²) >= 11 is 0. The minimum atomic E-state index is 0.196. The van der Waals surface area contributed by atoms with Gasteiger partial charge in [-0.25, -0.2) is 0 Å². The fourth-order valence-corrected chi connectivity index (χ4v) is 3.05. The highest BCUT2D eigenvalue weighted by Crippen LogP contribution is 2.31. The Morgan fingerprint density at radius 1 is 1.44 bits per heavy atom. The third kappa shape index (κ3) is 3.22. The Kier molecular flexibility index (Phi) is 4.23. The Labute approximate surface area is 109 Å². The molecular weight excluding hydrogens is 226 g/mol. The van der Waals surface area contributed by atoms with Crippen LogP contribution >= 0.6 is 0 Å². The van der Waals surface area contributed by atoms with Crippen molar-refractivity contribution in [3.8, 4) is 0 Å². The van der Waals surface area contributed by atoms with Gasteiger partial charge in [-0.3, -0.25) is 9.69 Å². The molecule has 0 aromatic carbocycles. The summed E-state index contributed by atoms with van der Waals surface area (Å²) in [7, 11) is 2.06. The highest BCUT2D eigenvalue weighted by atomic mass is 16.3. The van der Waals surface area contributed by atoms with Crippen LogP contribution in [0.1, 0.15) is 32.4 Å². The number of ketones is 1. The molecule has 2 rings (SSSR count). The van der Waals surface area contributed by atoms with Crippen molar-refractivity contribution >= 4 is 5.78 Å². The first-order valence-electron chi connectivity index (χ1n) is 6.80. The molecule has 1 heterocycles. The van der Waals surface area contributed by atoms with Gasteiger partial charge in [-0.05, 0) is 37.4 Å². The fourth-order valence-electron chi connectivity index (χ4n) is 3.05. The maximum Gasteiger partial charge on any atom is 0.137 e. The lowest BCUT2D eigenvalue weighted by molar-refractivity contribution is -0.128. The largest absolute Gasteiger partial charge is 0.468 e. The van der Waals surface area contributed by atoms with E-state index in [1.54, 1.807) is 6.26 Å². The Bertz CT molecular complexity index is 385. The van der Waals surface area contributed by atoms with Gasteiger partial charge in [-0.2, -0.15) is 0 Å². The second-order valence-corrected chi connectivity index (χ2v) is 5.87. The molecule has 1 fully saturated rings. The number of carbonyl (C=O) groups excluding carboxylic acids is 1. The number of Topliss-reactive ketones (excluding diaryl/α,β-unsaturated/α-hetero) is 1. The number of furan rings is 1. The first kappa shape index (κ1) is 13.3. The van der Waals surface area contributed by atoms with Crippen molar-refractivity contribution < 1.29 is 9.21 Å². The van der Waals surface area contributed by atoms with E-state index in [0.29, 0.717) is 17.6 Å². The van der Waals surface area contributed by atoms with Crippen molar-refractivity contribution in [3.05, 3.63) is 24.2 Å². The SMILES string of the molecule is CC1CC(=O)C(CN(C)Cc2ccco2)C(C)C1. The Balaban J connectivity index is 1.90. The number of hydrogen-bond donors (Lipinski definition) is 0. The predicted molar refractivity (Wildman–Crippen MR) is 71.1 cm³/mol. The molecule has 1 aromatic heterocycles. The van der Waals surface area contributed by atoms with Gasteiger partial charge in [-0.1, -0.05) is 13.8 Å². The molecule has 100 valence electrons. The van der Waals surface area contributed by atoms with Gasteiger partial charge in [0.1, 0.15) is 11.5 Å². The Morgan fingerprint density at radius 2 is 2.22 bits per heavy atom. The molecule has 3 atom stereocenters. The zero-order valence-electron chi connectivity index (χ0n) is 11.6. The molecule has 1 aliphatic carbocycles. The minimum absolute atomic E-state index is 0.196. The molecule has 3 unspecified atom stereocenters. The Hall–Kier alpha value is -1.09. The lowest BCUT2D eigenvalue weighted by atomic mass is 9.74. The van der Waals surface area contributed by atoms with Crippen LogP contribution in [0.2, 0.25) is 0 Å². The monoisotopic (exact) mass is 249 g/mol. The van der Waals surface area contributed by atoms with E-state index in [9.17, 15) is 4.79 Å². The van der Waals surface area contributed by atoms with Crippen LogP contribution in [0, 0.1) is 17.8 Å². The van der Waals surface area contributed by atoms with Gasteiger partial charge < -0.3 is 4.42 Å². The first-order valence-corrected chi connectivity index (χ1v) is 6.80. The molecule has 1 aliphatic rings. The second kappa shape index (κ2) is 5.70.